The second kappa shape index (κ2) is 3.14. The lowest BCUT2D eigenvalue weighted by Gasteiger charge is -1.98. The largest absolute Gasteiger partial charge is 0.398 e. The highest BCUT2D eigenvalue weighted by Crippen LogP contribution is 2.30. The highest BCUT2D eigenvalue weighted by molar-refractivity contribution is 6.33. The summed E-state index contributed by atoms with van der Waals surface area (Å²) in [6, 6.07) is 4.92. The SMILES string of the molecule is [N-]=[N+]=Nc1c(N)cccc1Cl. The lowest BCUT2D eigenvalue weighted by molar-refractivity contribution is 1.48. The molecule has 0 aliphatic carbocycles. The van der Waals surface area contributed by atoms with Crippen LogP contribution in [0.15, 0.2) is 23.3 Å². The number of anilines is 1. The smallest absolute Gasteiger partial charge is 0.0791 e. The summed E-state index contributed by atoms with van der Waals surface area (Å²) in [6.45, 7) is 0. The van der Waals surface area contributed by atoms with Crippen LogP contribution in [0.2, 0.25) is 5.02 Å². The molecule has 0 aromatic heterocycles. The fraction of sp³-hybridized carbons (Fsp3) is 0. The van der Waals surface area contributed by atoms with Gasteiger partial charge in [-0.25, -0.2) is 0 Å². The zero-order chi connectivity index (χ0) is 8.27. The quantitative estimate of drug-likeness (QED) is 0.298. The van der Waals surface area contributed by atoms with E-state index in [4.69, 9.17) is 22.9 Å². The molecule has 0 unspecified atom stereocenters. The summed E-state index contributed by atoms with van der Waals surface area (Å²) in [7, 11) is 0. The number of benzene rings is 1. The summed E-state index contributed by atoms with van der Waals surface area (Å²) in [5.74, 6) is 0. The van der Waals surface area contributed by atoms with Crippen LogP contribution in [0.4, 0.5) is 11.4 Å². The molecule has 0 aliphatic heterocycles. The molecule has 1 aromatic carbocycles. The summed E-state index contributed by atoms with van der Waals surface area (Å²) in [5.41, 5.74) is 14.2. The van der Waals surface area contributed by atoms with Crippen molar-refractivity contribution in [3.63, 3.8) is 0 Å². The minimum absolute atomic E-state index is 0.289. The number of azide groups is 1. The van der Waals surface area contributed by atoms with Crippen LogP contribution in [0.5, 0.6) is 0 Å². The van der Waals surface area contributed by atoms with E-state index in [-0.39, 0.29) is 5.69 Å². The molecular weight excluding hydrogens is 164 g/mol. The molecule has 1 aromatic rings. The first kappa shape index (κ1) is 7.72. The number of halogens is 1. The first-order chi connectivity index (χ1) is 5.25. The molecule has 0 aliphatic rings. The van der Waals surface area contributed by atoms with Crippen LogP contribution >= 0.6 is 11.6 Å². The van der Waals surface area contributed by atoms with Crippen LogP contribution in [-0.2, 0) is 0 Å². The molecule has 5 heteroatoms. The van der Waals surface area contributed by atoms with E-state index in [1.807, 2.05) is 0 Å². The van der Waals surface area contributed by atoms with Gasteiger partial charge in [-0.3, -0.25) is 0 Å². The second-order valence-electron chi connectivity index (χ2n) is 1.87. The van der Waals surface area contributed by atoms with E-state index in [0.29, 0.717) is 10.7 Å². The van der Waals surface area contributed by atoms with Crippen molar-refractivity contribution in [1.29, 1.82) is 0 Å². The molecule has 0 fully saturated rings. The first-order valence-corrected chi connectivity index (χ1v) is 3.22. The summed E-state index contributed by atoms with van der Waals surface area (Å²) < 4.78 is 0. The van der Waals surface area contributed by atoms with E-state index >= 15 is 0 Å². The predicted molar refractivity (Wildman–Crippen MR) is 44.7 cm³/mol. The molecule has 0 saturated heterocycles. The standard InChI is InChI=1S/C6H5ClN4/c7-4-2-1-3-5(8)6(4)10-11-9/h1-3H,8H2. The molecule has 4 nitrogen and oxygen atoms in total. The Kier molecular flexibility index (Phi) is 2.21. The van der Waals surface area contributed by atoms with Gasteiger partial charge in [-0.1, -0.05) is 22.8 Å². The van der Waals surface area contributed by atoms with Gasteiger partial charge in [0, 0.05) is 10.6 Å². The van der Waals surface area contributed by atoms with Crippen LogP contribution in [0.1, 0.15) is 0 Å². The van der Waals surface area contributed by atoms with Crippen molar-refractivity contribution in [3.8, 4) is 0 Å². The van der Waals surface area contributed by atoms with Crippen molar-refractivity contribution in [1.82, 2.24) is 0 Å². The second-order valence-corrected chi connectivity index (χ2v) is 2.27. The van der Waals surface area contributed by atoms with Gasteiger partial charge in [0.25, 0.3) is 0 Å². The van der Waals surface area contributed by atoms with Crippen LogP contribution < -0.4 is 5.73 Å². The molecule has 0 bridgehead atoms. The Labute approximate surface area is 68.2 Å². The molecule has 11 heavy (non-hydrogen) atoms. The number of hydrogen-bond donors (Lipinski definition) is 1. The van der Waals surface area contributed by atoms with Crippen molar-refractivity contribution in [3.05, 3.63) is 33.7 Å². The molecule has 0 spiro atoms. The van der Waals surface area contributed by atoms with Gasteiger partial charge in [0.2, 0.25) is 0 Å². The number of hydrogen-bond acceptors (Lipinski definition) is 2. The van der Waals surface area contributed by atoms with Crippen molar-refractivity contribution in [2.75, 3.05) is 5.73 Å². The summed E-state index contributed by atoms with van der Waals surface area (Å²) in [6.07, 6.45) is 0. The monoisotopic (exact) mass is 168 g/mol. The molecule has 0 amide bonds. The Morgan fingerprint density at radius 3 is 2.82 bits per heavy atom. The topological polar surface area (TPSA) is 74.8 Å². The van der Waals surface area contributed by atoms with Gasteiger partial charge >= 0.3 is 0 Å². The molecule has 0 heterocycles. The summed E-state index contributed by atoms with van der Waals surface area (Å²) >= 11 is 5.66. The Bertz CT molecular complexity index is 296. The molecular formula is C6H5ClN4. The summed E-state index contributed by atoms with van der Waals surface area (Å²) in [5, 5.41) is 3.69. The molecule has 56 valence electrons. The lowest BCUT2D eigenvalue weighted by atomic mass is 10.3. The Hall–Kier alpha value is -1.38. The summed E-state index contributed by atoms with van der Waals surface area (Å²) in [4.78, 5) is 2.59. The zero-order valence-corrected chi connectivity index (χ0v) is 6.28. The average Bonchev–Trinajstić information content (AvgIpc) is 1.97. The van der Waals surface area contributed by atoms with E-state index in [1.165, 1.54) is 0 Å². The van der Waals surface area contributed by atoms with Gasteiger partial charge in [0.15, 0.2) is 0 Å². The molecule has 1 rings (SSSR count). The number of nitrogens with zero attached hydrogens (tertiary/aromatic N) is 3. The first-order valence-electron chi connectivity index (χ1n) is 2.85. The average molecular weight is 169 g/mol. The van der Waals surface area contributed by atoms with Gasteiger partial charge in [0.1, 0.15) is 0 Å². The van der Waals surface area contributed by atoms with E-state index in [2.05, 4.69) is 10.0 Å². The van der Waals surface area contributed by atoms with Gasteiger partial charge in [-0.05, 0) is 17.7 Å². The zero-order valence-electron chi connectivity index (χ0n) is 5.53. The number of nitrogen functional groups attached to an aromatic ring is 1. The fourth-order valence-corrected chi connectivity index (χ4v) is 0.902. The van der Waals surface area contributed by atoms with Gasteiger partial charge in [-0.15, -0.1) is 0 Å². The van der Waals surface area contributed by atoms with Crippen molar-refractivity contribution in [2.24, 2.45) is 5.11 Å². The third-order valence-corrected chi connectivity index (χ3v) is 1.47. The Balaban J connectivity index is 3.31. The van der Waals surface area contributed by atoms with Gasteiger partial charge in [-0.2, -0.15) is 0 Å². The van der Waals surface area contributed by atoms with Gasteiger partial charge in [0.05, 0.1) is 10.7 Å². The highest BCUT2D eigenvalue weighted by Gasteiger charge is 1.99. The third-order valence-electron chi connectivity index (χ3n) is 1.16. The fourth-order valence-electron chi connectivity index (χ4n) is 0.682. The van der Waals surface area contributed by atoms with Crippen LogP contribution in [0.3, 0.4) is 0 Å². The van der Waals surface area contributed by atoms with E-state index < -0.39 is 0 Å². The Morgan fingerprint density at radius 2 is 2.27 bits per heavy atom. The molecule has 0 saturated carbocycles. The maximum atomic E-state index is 8.11. The lowest BCUT2D eigenvalue weighted by Crippen LogP contribution is -1.83. The molecule has 2 N–H and O–H groups in total. The minimum atomic E-state index is 0.289. The Morgan fingerprint density at radius 1 is 1.55 bits per heavy atom. The minimum Gasteiger partial charge on any atom is -0.398 e. The third kappa shape index (κ3) is 1.55. The molecule has 0 atom stereocenters. The van der Waals surface area contributed by atoms with E-state index in [0.717, 1.165) is 0 Å². The van der Waals surface area contributed by atoms with Gasteiger partial charge < -0.3 is 5.73 Å². The van der Waals surface area contributed by atoms with Crippen LogP contribution in [0, 0.1) is 0 Å². The van der Waals surface area contributed by atoms with E-state index in [9.17, 15) is 0 Å². The number of nitrogens with two attached hydrogens (primary N) is 1. The van der Waals surface area contributed by atoms with Crippen LogP contribution in [-0.4, -0.2) is 0 Å². The maximum absolute atomic E-state index is 8.11. The molecule has 0 radical (unpaired) electrons. The predicted octanol–water partition coefficient (Wildman–Crippen LogP) is 2.86. The van der Waals surface area contributed by atoms with Crippen molar-refractivity contribution < 1.29 is 0 Å². The maximum Gasteiger partial charge on any atom is 0.0791 e. The highest BCUT2D eigenvalue weighted by atomic mass is 35.5. The van der Waals surface area contributed by atoms with Crippen LogP contribution in [0.25, 0.3) is 10.4 Å². The van der Waals surface area contributed by atoms with Crippen molar-refractivity contribution in [2.45, 2.75) is 0 Å². The number of rotatable bonds is 1. The van der Waals surface area contributed by atoms with Crippen molar-refractivity contribution >= 4 is 23.0 Å². The van der Waals surface area contributed by atoms with E-state index in [1.54, 1.807) is 18.2 Å². The normalized spacial score (nSPS) is 8.82.